The van der Waals surface area contributed by atoms with Gasteiger partial charge in [-0.05, 0) is 93.2 Å². The van der Waals surface area contributed by atoms with Crippen molar-refractivity contribution in [2.75, 3.05) is 19.7 Å². The molecule has 7 heteroatoms. The number of nitrogens with one attached hydrogen (secondary N) is 1. The van der Waals surface area contributed by atoms with Gasteiger partial charge in [0.05, 0.1) is 11.7 Å². The molecule has 1 aliphatic heterocycles. The summed E-state index contributed by atoms with van der Waals surface area (Å²) in [7, 11) is 0. The van der Waals surface area contributed by atoms with Crippen LogP contribution < -0.4 is 5.32 Å². The molecular formula is C30H44N2O5. The Morgan fingerprint density at radius 2 is 1.62 bits per heavy atom. The van der Waals surface area contributed by atoms with E-state index in [0.717, 1.165) is 18.4 Å². The summed E-state index contributed by atoms with van der Waals surface area (Å²) >= 11 is 0. The van der Waals surface area contributed by atoms with Gasteiger partial charge >= 0.3 is 5.97 Å². The first-order valence-electron chi connectivity index (χ1n) is 14.2. The van der Waals surface area contributed by atoms with E-state index >= 15 is 0 Å². The average molecular weight is 513 g/mol. The van der Waals surface area contributed by atoms with Gasteiger partial charge in [0.15, 0.2) is 0 Å². The number of rotatable bonds is 9. The topological polar surface area (TPSA) is 95.9 Å². The van der Waals surface area contributed by atoms with Crippen LogP contribution in [0, 0.1) is 17.3 Å². The van der Waals surface area contributed by atoms with Gasteiger partial charge in [0.2, 0.25) is 11.8 Å². The molecule has 1 aromatic carbocycles. The van der Waals surface area contributed by atoms with Gasteiger partial charge in [0.25, 0.3) is 0 Å². The largest absolute Gasteiger partial charge is 0.478 e. The van der Waals surface area contributed by atoms with E-state index in [2.05, 4.69) is 5.32 Å². The molecule has 0 aromatic heterocycles. The average Bonchev–Trinajstić information content (AvgIpc) is 2.89. The fourth-order valence-electron chi connectivity index (χ4n) is 6.25. The van der Waals surface area contributed by atoms with E-state index in [-0.39, 0.29) is 29.2 Å². The SMILES string of the molecule is CC(C)C(=O)NC(C(=O)N1CCC(c2ccc(C(=O)O)cc2)CC1)C(C)OCC1CCC2(CCC2)CC1. The molecule has 1 heterocycles. The first kappa shape index (κ1) is 27.6. The smallest absolute Gasteiger partial charge is 0.335 e. The van der Waals surface area contributed by atoms with Crippen molar-refractivity contribution >= 4 is 17.8 Å². The Balaban J connectivity index is 1.32. The monoisotopic (exact) mass is 512 g/mol. The molecule has 7 nitrogen and oxygen atoms in total. The minimum Gasteiger partial charge on any atom is -0.478 e. The maximum Gasteiger partial charge on any atom is 0.335 e. The molecule has 3 fully saturated rings. The Hall–Kier alpha value is -2.41. The van der Waals surface area contributed by atoms with Crippen molar-refractivity contribution in [3.05, 3.63) is 35.4 Å². The van der Waals surface area contributed by atoms with Gasteiger partial charge < -0.3 is 20.1 Å². The summed E-state index contributed by atoms with van der Waals surface area (Å²) in [4.78, 5) is 39.2. The third-order valence-corrected chi connectivity index (χ3v) is 9.17. The zero-order chi connectivity index (χ0) is 26.6. The second kappa shape index (κ2) is 12.0. The molecule has 4 rings (SSSR count). The van der Waals surface area contributed by atoms with Crippen LogP contribution in [0.3, 0.4) is 0 Å². The summed E-state index contributed by atoms with van der Waals surface area (Å²) in [6.45, 7) is 7.44. The molecule has 2 unspecified atom stereocenters. The maximum atomic E-state index is 13.6. The summed E-state index contributed by atoms with van der Waals surface area (Å²) in [5, 5.41) is 12.1. The predicted molar refractivity (Wildman–Crippen MR) is 142 cm³/mol. The predicted octanol–water partition coefficient (Wildman–Crippen LogP) is 5.00. The van der Waals surface area contributed by atoms with E-state index in [1.54, 1.807) is 12.1 Å². The molecule has 2 aliphatic carbocycles. The number of hydrogen-bond acceptors (Lipinski definition) is 4. The summed E-state index contributed by atoms with van der Waals surface area (Å²) in [5.74, 6) is -0.518. The molecule has 1 saturated heterocycles. The molecule has 2 saturated carbocycles. The number of benzene rings is 1. The number of nitrogens with zero attached hydrogens (tertiary/aromatic N) is 1. The lowest BCUT2D eigenvalue weighted by Crippen LogP contribution is -2.56. The number of carbonyl (C=O) groups is 3. The van der Waals surface area contributed by atoms with Crippen molar-refractivity contribution in [1.29, 1.82) is 0 Å². The number of aromatic carboxylic acids is 1. The van der Waals surface area contributed by atoms with E-state index in [1.807, 2.05) is 37.8 Å². The highest BCUT2D eigenvalue weighted by Gasteiger charge is 2.40. The highest BCUT2D eigenvalue weighted by Crippen LogP contribution is 2.52. The highest BCUT2D eigenvalue weighted by atomic mass is 16.5. The number of ether oxygens (including phenoxy) is 1. The Labute approximate surface area is 221 Å². The van der Waals surface area contributed by atoms with Gasteiger partial charge in [-0.2, -0.15) is 0 Å². The second-order valence-corrected chi connectivity index (χ2v) is 12.0. The van der Waals surface area contributed by atoms with Gasteiger partial charge in [0, 0.05) is 25.6 Å². The van der Waals surface area contributed by atoms with Crippen LogP contribution in [0.4, 0.5) is 0 Å². The van der Waals surface area contributed by atoms with Crippen LogP contribution in [0.2, 0.25) is 0 Å². The Morgan fingerprint density at radius 3 is 2.14 bits per heavy atom. The summed E-state index contributed by atoms with van der Waals surface area (Å²) < 4.78 is 6.27. The van der Waals surface area contributed by atoms with Crippen LogP contribution in [0.15, 0.2) is 24.3 Å². The molecule has 2 atom stereocenters. The third-order valence-electron chi connectivity index (χ3n) is 9.17. The quantitative estimate of drug-likeness (QED) is 0.486. The maximum absolute atomic E-state index is 13.6. The van der Waals surface area contributed by atoms with Gasteiger partial charge in [-0.1, -0.05) is 32.4 Å². The minimum absolute atomic E-state index is 0.0711. The first-order valence-corrected chi connectivity index (χ1v) is 14.2. The van der Waals surface area contributed by atoms with Gasteiger partial charge in [-0.25, -0.2) is 4.79 Å². The number of likely N-dealkylation sites (tertiary alicyclic amines) is 1. The number of carbonyl (C=O) groups excluding carboxylic acids is 2. The normalized spacial score (nSPS) is 21.9. The van der Waals surface area contributed by atoms with Crippen LogP contribution >= 0.6 is 0 Å². The van der Waals surface area contributed by atoms with E-state index in [4.69, 9.17) is 9.84 Å². The Bertz CT molecular complexity index is 937. The fourth-order valence-corrected chi connectivity index (χ4v) is 6.25. The summed E-state index contributed by atoms with van der Waals surface area (Å²) in [6.07, 6.45) is 10.4. The molecule has 2 N–H and O–H groups in total. The van der Waals surface area contributed by atoms with Crippen LogP contribution in [-0.4, -0.2) is 59.6 Å². The molecule has 3 aliphatic rings. The number of hydrogen-bond donors (Lipinski definition) is 2. The number of carboxylic acid groups (broad SMARTS) is 1. The third kappa shape index (κ3) is 6.73. The first-order chi connectivity index (χ1) is 17.7. The zero-order valence-corrected chi connectivity index (χ0v) is 22.7. The van der Waals surface area contributed by atoms with Crippen molar-refractivity contribution in [2.45, 2.75) is 96.6 Å². The van der Waals surface area contributed by atoms with Crippen LogP contribution in [0.5, 0.6) is 0 Å². The summed E-state index contributed by atoms with van der Waals surface area (Å²) in [6, 6.07) is 6.35. The fraction of sp³-hybridized carbons (Fsp3) is 0.700. The lowest BCUT2D eigenvalue weighted by Gasteiger charge is -2.47. The lowest BCUT2D eigenvalue weighted by atomic mass is 9.59. The Kier molecular flexibility index (Phi) is 8.94. The van der Waals surface area contributed by atoms with E-state index < -0.39 is 18.1 Å². The molecule has 0 bridgehead atoms. The Morgan fingerprint density at radius 1 is 1.00 bits per heavy atom. The van der Waals surface area contributed by atoms with Crippen molar-refractivity contribution in [2.24, 2.45) is 17.3 Å². The van der Waals surface area contributed by atoms with Gasteiger partial charge in [0.1, 0.15) is 6.04 Å². The van der Waals surface area contributed by atoms with Crippen molar-refractivity contribution in [1.82, 2.24) is 10.2 Å². The molecule has 204 valence electrons. The van der Waals surface area contributed by atoms with Gasteiger partial charge in [-0.3, -0.25) is 9.59 Å². The minimum atomic E-state index is -0.927. The van der Waals surface area contributed by atoms with Crippen LogP contribution in [0.1, 0.15) is 100 Å². The molecule has 37 heavy (non-hydrogen) atoms. The van der Waals surface area contributed by atoms with E-state index in [1.165, 1.54) is 44.9 Å². The van der Waals surface area contributed by atoms with Crippen LogP contribution in [0.25, 0.3) is 0 Å². The lowest BCUT2D eigenvalue weighted by molar-refractivity contribution is -0.143. The molecule has 1 spiro atoms. The van der Waals surface area contributed by atoms with E-state index in [0.29, 0.717) is 31.0 Å². The molecular weight excluding hydrogens is 468 g/mol. The van der Waals surface area contributed by atoms with Crippen molar-refractivity contribution in [3.63, 3.8) is 0 Å². The zero-order valence-electron chi connectivity index (χ0n) is 22.7. The molecule has 2 amide bonds. The number of piperidine rings is 1. The number of carboxylic acids is 1. The van der Waals surface area contributed by atoms with Crippen molar-refractivity contribution in [3.8, 4) is 0 Å². The standard InChI is InChI=1S/C30H44N2O5/c1-20(2)27(33)31-26(21(3)37-19-22-9-15-30(16-10-22)13-4-14-30)28(34)32-17-11-24(12-18-32)23-5-7-25(8-6-23)29(35)36/h5-8,20-22,24,26H,4,9-19H2,1-3H3,(H,31,33)(H,35,36). The highest BCUT2D eigenvalue weighted by molar-refractivity contribution is 5.89. The molecule has 1 aromatic rings. The number of amides is 2. The summed E-state index contributed by atoms with van der Waals surface area (Å²) in [5.41, 5.74) is 2.01. The van der Waals surface area contributed by atoms with E-state index in [9.17, 15) is 14.4 Å². The molecule has 0 radical (unpaired) electrons. The van der Waals surface area contributed by atoms with Crippen LogP contribution in [-0.2, 0) is 14.3 Å². The van der Waals surface area contributed by atoms with Crippen molar-refractivity contribution < 1.29 is 24.2 Å². The van der Waals surface area contributed by atoms with Gasteiger partial charge in [-0.15, -0.1) is 0 Å². The second-order valence-electron chi connectivity index (χ2n) is 12.0.